The number of nitrogens with zero attached hydrogens (tertiary/aromatic N) is 2. The minimum atomic E-state index is -0.217. The Kier molecular flexibility index (Phi) is 9.04. The molecular weight excluding hydrogens is 455 g/mol. The van der Waals surface area contributed by atoms with Gasteiger partial charge in [-0.3, -0.25) is 9.69 Å². The summed E-state index contributed by atoms with van der Waals surface area (Å²) < 4.78 is 5.54. The van der Waals surface area contributed by atoms with Crippen molar-refractivity contribution >= 4 is 42.1 Å². The van der Waals surface area contributed by atoms with Crippen molar-refractivity contribution in [2.75, 3.05) is 45.9 Å². The summed E-state index contributed by atoms with van der Waals surface area (Å²) in [6, 6.07) is 0.626. The fourth-order valence-electron chi connectivity index (χ4n) is 5.98. The van der Waals surface area contributed by atoms with Crippen molar-refractivity contribution in [3.63, 3.8) is 0 Å². The van der Waals surface area contributed by atoms with Crippen LogP contribution in [0.2, 0.25) is 0 Å². The lowest BCUT2D eigenvalue weighted by Crippen LogP contribution is -2.60. The zero-order chi connectivity index (χ0) is 19.7. The second-order valence-corrected chi connectivity index (χ2v) is 10.4. The molecule has 1 saturated carbocycles. The van der Waals surface area contributed by atoms with Crippen molar-refractivity contribution in [1.29, 1.82) is 0 Å². The first-order chi connectivity index (χ1) is 14.2. The number of nitrogens with one attached hydrogen (secondary N) is 2. The summed E-state index contributed by atoms with van der Waals surface area (Å²) in [7, 11) is 0. The molecule has 3 atom stereocenters. The zero-order valence-electron chi connectivity index (χ0n) is 18.2. The third kappa shape index (κ3) is 5.22. The Balaban J connectivity index is 0.00000136. The number of rotatable bonds is 5. The van der Waals surface area contributed by atoms with Crippen LogP contribution in [0, 0.1) is 11.3 Å². The predicted octanol–water partition coefficient (Wildman–Crippen LogP) is 2.61. The van der Waals surface area contributed by atoms with Gasteiger partial charge in [-0.2, -0.15) is 0 Å². The largest absolute Gasteiger partial charge is 0.379 e. The van der Waals surface area contributed by atoms with Gasteiger partial charge in [-0.1, -0.05) is 0 Å². The van der Waals surface area contributed by atoms with E-state index in [1.807, 2.05) is 11.3 Å². The molecule has 4 aliphatic rings. The van der Waals surface area contributed by atoms with Gasteiger partial charge in [-0.05, 0) is 57.4 Å². The van der Waals surface area contributed by atoms with E-state index in [4.69, 9.17) is 9.72 Å². The molecular formula is C22H36Cl2N4O2S. The van der Waals surface area contributed by atoms with E-state index >= 15 is 0 Å². The average molecular weight is 492 g/mol. The smallest absolute Gasteiger partial charge is 0.227 e. The molecule has 0 radical (unpaired) electrons. The van der Waals surface area contributed by atoms with E-state index in [1.165, 1.54) is 28.4 Å². The number of halogens is 2. The van der Waals surface area contributed by atoms with Crippen LogP contribution in [0.15, 0.2) is 0 Å². The van der Waals surface area contributed by atoms with Gasteiger partial charge in [-0.15, -0.1) is 36.2 Å². The van der Waals surface area contributed by atoms with E-state index in [0.29, 0.717) is 18.5 Å². The monoisotopic (exact) mass is 490 g/mol. The number of hydrogen-bond donors (Lipinski definition) is 2. The Labute approximate surface area is 202 Å². The van der Waals surface area contributed by atoms with E-state index in [-0.39, 0.29) is 36.1 Å². The van der Waals surface area contributed by atoms with Gasteiger partial charge in [0.1, 0.15) is 0 Å². The van der Waals surface area contributed by atoms with Gasteiger partial charge in [-0.25, -0.2) is 4.98 Å². The predicted molar refractivity (Wildman–Crippen MR) is 129 cm³/mol. The molecule has 1 aromatic heterocycles. The van der Waals surface area contributed by atoms with Crippen molar-refractivity contribution < 1.29 is 9.53 Å². The fraction of sp³-hybridized carbons (Fsp3) is 0.818. The van der Waals surface area contributed by atoms with E-state index in [1.54, 1.807) is 0 Å². The van der Waals surface area contributed by atoms with Crippen LogP contribution in [0.1, 0.15) is 47.7 Å². The second-order valence-electron chi connectivity index (χ2n) is 9.23. The van der Waals surface area contributed by atoms with Crippen LogP contribution in [-0.4, -0.2) is 67.8 Å². The van der Waals surface area contributed by atoms with E-state index in [2.05, 4.69) is 15.5 Å². The zero-order valence-corrected chi connectivity index (χ0v) is 20.6. The molecule has 0 unspecified atom stereocenters. The summed E-state index contributed by atoms with van der Waals surface area (Å²) >= 11 is 1.86. The minimum absolute atomic E-state index is 0. The van der Waals surface area contributed by atoms with Gasteiger partial charge in [0.25, 0.3) is 0 Å². The highest BCUT2D eigenvalue weighted by Gasteiger charge is 2.50. The number of fused-ring (bicyclic) bond motifs is 2. The molecule has 5 rings (SSSR count). The fourth-order valence-corrected chi connectivity index (χ4v) is 7.13. The van der Waals surface area contributed by atoms with Crippen molar-refractivity contribution in [2.24, 2.45) is 11.3 Å². The number of morpholine rings is 1. The van der Waals surface area contributed by atoms with Crippen LogP contribution in [-0.2, 0) is 28.8 Å². The number of amides is 1. The summed E-state index contributed by atoms with van der Waals surface area (Å²) in [5, 5.41) is 8.03. The number of aromatic nitrogens is 1. The molecule has 176 valence electrons. The molecule has 6 nitrogen and oxygen atoms in total. The molecule has 2 aliphatic carbocycles. The molecule has 0 aromatic carbocycles. The normalized spacial score (nSPS) is 30.5. The summed E-state index contributed by atoms with van der Waals surface area (Å²) in [6.45, 7) is 6.40. The van der Waals surface area contributed by atoms with Crippen LogP contribution >= 0.6 is 36.2 Å². The lowest BCUT2D eigenvalue weighted by atomic mass is 9.61. The molecule has 1 amide bonds. The molecule has 0 spiro atoms. The Hall–Kier alpha value is -0.440. The molecule has 0 bridgehead atoms. The molecule has 2 aliphatic heterocycles. The molecule has 31 heavy (non-hydrogen) atoms. The lowest BCUT2D eigenvalue weighted by molar-refractivity contribution is -0.140. The second kappa shape index (κ2) is 11.1. The average Bonchev–Trinajstić information content (AvgIpc) is 3.36. The Bertz CT molecular complexity index is 722. The van der Waals surface area contributed by atoms with Gasteiger partial charge in [0.05, 0.1) is 29.3 Å². The number of aryl methyl sites for hydroxylation is 2. The maximum absolute atomic E-state index is 13.4. The summed E-state index contributed by atoms with van der Waals surface area (Å²) in [6.07, 6.45) is 8.87. The number of ether oxygens (including phenoxy) is 1. The number of carbonyl (C=O) groups excluding carboxylic acids is 1. The third-order valence-electron chi connectivity index (χ3n) is 7.65. The molecule has 3 fully saturated rings. The van der Waals surface area contributed by atoms with Crippen LogP contribution < -0.4 is 10.6 Å². The van der Waals surface area contributed by atoms with Crippen molar-refractivity contribution in [1.82, 2.24) is 20.5 Å². The highest BCUT2D eigenvalue weighted by molar-refractivity contribution is 7.11. The maximum atomic E-state index is 13.4. The SMILES string of the molecule is Cl.Cl.O=C(NCCc1nc2c(s1)CCC2)[C@@]12CC[C@H](N3CCOCC3)C[C@H]1CCNC2. The van der Waals surface area contributed by atoms with Gasteiger partial charge >= 0.3 is 0 Å². The summed E-state index contributed by atoms with van der Waals surface area (Å²) in [5.74, 6) is 0.772. The Morgan fingerprint density at radius 2 is 2.10 bits per heavy atom. The van der Waals surface area contributed by atoms with Gasteiger partial charge in [0, 0.05) is 43.5 Å². The minimum Gasteiger partial charge on any atom is -0.379 e. The molecule has 9 heteroatoms. The van der Waals surface area contributed by atoms with Crippen molar-refractivity contribution in [3.05, 3.63) is 15.6 Å². The van der Waals surface area contributed by atoms with E-state index in [0.717, 1.165) is 77.9 Å². The van der Waals surface area contributed by atoms with Crippen LogP contribution in [0.4, 0.5) is 0 Å². The first-order valence-corrected chi connectivity index (χ1v) is 12.3. The van der Waals surface area contributed by atoms with Crippen molar-refractivity contribution in [2.45, 2.75) is 57.4 Å². The standard InChI is InChI=1S/C22H34N4O2S.2ClH/c27-21(24-9-6-20-25-18-2-1-3-19(18)29-20)22-7-4-17(26-10-12-28-13-11-26)14-16(22)5-8-23-15-22;;/h16-17,23H,1-15H2,(H,24,27);2*1H/t16-,17+,22-;;/m1../s1. The molecule has 3 heterocycles. The van der Waals surface area contributed by atoms with Crippen LogP contribution in [0.5, 0.6) is 0 Å². The van der Waals surface area contributed by atoms with Crippen LogP contribution in [0.25, 0.3) is 0 Å². The number of hydrogen-bond acceptors (Lipinski definition) is 6. The number of piperidine rings is 1. The first kappa shape index (κ1) is 25.2. The molecule has 2 saturated heterocycles. The number of thiazole rings is 1. The summed E-state index contributed by atoms with van der Waals surface area (Å²) in [5.41, 5.74) is 1.10. The van der Waals surface area contributed by atoms with Crippen molar-refractivity contribution in [3.8, 4) is 0 Å². The number of carbonyl (C=O) groups is 1. The quantitative estimate of drug-likeness (QED) is 0.663. The van der Waals surface area contributed by atoms with Gasteiger partial charge in [0.2, 0.25) is 5.91 Å². The molecule has 2 N–H and O–H groups in total. The Morgan fingerprint density at radius 3 is 2.90 bits per heavy atom. The highest BCUT2D eigenvalue weighted by atomic mass is 35.5. The van der Waals surface area contributed by atoms with E-state index in [9.17, 15) is 4.79 Å². The Morgan fingerprint density at radius 1 is 1.26 bits per heavy atom. The lowest BCUT2D eigenvalue weighted by Gasteiger charge is -2.50. The van der Waals surface area contributed by atoms with Crippen LogP contribution in [0.3, 0.4) is 0 Å². The summed E-state index contributed by atoms with van der Waals surface area (Å²) in [4.78, 5) is 22.2. The molecule has 1 aromatic rings. The van der Waals surface area contributed by atoms with E-state index < -0.39 is 0 Å². The highest BCUT2D eigenvalue weighted by Crippen LogP contribution is 2.46. The third-order valence-corrected chi connectivity index (χ3v) is 8.87. The maximum Gasteiger partial charge on any atom is 0.227 e. The van der Waals surface area contributed by atoms with Gasteiger partial charge in [0.15, 0.2) is 0 Å². The topological polar surface area (TPSA) is 66.5 Å². The first-order valence-electron chi connectivity index (χ1n) is 11.5. The van der Waals surface area contributed by atoms with Gasteiger partial charge < -0.3 is 15.4 Å².